The monoisotopic (exact) mass is 401 g/mol. The van der Waals surface area contributed by atoms with Gasteiger partial charge < -0.3 is 4.42 Å². The first kappa shape index (κ1) is 18.8. The molecule has 1 aromatic carbocycles. The fourth-order valence-electron chi connectivity index (χ4n) is 3.27. The van der Waals surface area contributed by atoms with Crippen molar-refractivity contribution in [1.82, 2.24) is 14.3 Å². The van der Waals surface area contributed by atoms with Crippen molar-refractivity contribution in [1.29, 1.82) is 0 Å². The summed E-state index contributed by atoms with van der Waals surface area (Å²) in [4.78, 5) is 8.58. The Balaban J connectivity index is 1.44. The number of sulfonamides is 1. The Bertz CT molecular complexity index is 1070. The number of aryl methyl sites for hydroxylation is 2. The number of benzene rings is 1. The molecule has 0 saturated heterocycles. The lowest BCUT2D eigenvalue weighted by Crippen LogP contribution is -2.36. The van der Waals surface area contributed by atoms with Crippen molar-refractivity contribution in [2.45, 2.75) is 31.6 Å². The normalized spacial score (nSPS) is 14.8. The number of pyridine rings is 1. The van der Waals surface area contributed by atoms with Gasteiger partial charge >= 0.3 is 0 Å². The zero-order valence-corrected chi connectivity index (χ0v) is 16.0. The van der Waals surface area contributed by atoms with E-state index in [1.165, 1.54) is 16.4 Å². The van der Waals surface area contributed by atoms with Crippen molar-refractivity contribution in [2.75, 3.05) is 6.54 Å². The standard InChI is InChI=1S/C20H20FN3O3S/c21-17-6-2-1-5-16(17)14-28(25,26)24-11-9-19-18(13-24)23-20(27-19)8-7-15-4-3-10-22-12-15/h1-6,10,12H,7-9,11,13-14H2. The highest BCUT2D eigenvalue weighted by atomic mass is 32.2. The van der Waals surface area contributed by atoms with Gasteiger partial charge in [-0.05, 0) is 24.1 Å². The second kappa shape index (κ2) is 7.81. The van der Waals surface area contributed by atoms with E-state index in [0.717, 1.165) is 17.7 Å². The van der Waals surface area contributed by atoms with Crippen LogP contribution in [0.3, 0.4) is 0 Å². The molecule has 1 aliphatic rings. The maximum absolute atomic E-state index is 13.8. The van der Waals surface area contributed by atoms with Crippen LogP contribution < -0.4 is 0 Å². The molecule has 3 aromatic rings. The summed E-state index contributed by atoms with van der Waals surface area (Å²) in [6.07, 6.45) is 5.37. The quantitative estimate of drug-likeness (QED) is 0.635. The van der Waals surface area contributed by atoms with E-state index in [9.17, 15) is 12.8 Å². The molecule has 3 heterocycles. The summed E-state index contributed by atoms with van der Waals surface area (Å²) in [5.74, 6) is 0.462. The molecule has 2 aromatic heterocycles. The van der Waals surface area contributed by atoms with Crippen molar-refractivity contribution in [3.63, 3.8) is 0 Å². The van der Waals surface area contributed by atoms with E-state index in [2.05, 4.69) is 9.97 Å². The summed E-state index contributed by atoms with van der Waals surface area (Å²) < 4.78 is 46.5. The highest BCUT2D eigenvalue weighted by molar-refractivity contribution is 7.88. The molecule has 0 N–H and O–H groups in total. The molecule has 0 bridgehead atoms. The largest absolute Gasteiger partial charge is 0.445 e. The Morgan fingerprint density at radius 1 is 1.14 bits per heavy atom. The van der Waals surface area contributed by atoms with E-state index in [4.69, 9.17) is 4.42 Å². The molecule has 0 amide bonds. The molecule has 28 heavy (non-hydrogen) atoms. The van der Waals surface area contributed by atoms with Crippen LogP contribution in [-0.2, 0) is 41.6 Å². The highest BCUT2D eigenvalue weighted by Crippen LogP contribution is 2.24. The van der Waals surface area contributed by atoms with Gasteiger partial charge in [-0.25, -0.2) is 17.8 Å². The lowest BCUT2D eigenvalue weighted by atomic mass is 10.1. The molecule has 0 saturated carbocycles. The first-order valence-corrected chi connectivity index (χ1v) is 10.7. The minimum absolute atomic E-state index is 0.155. The van der Waals surface area contributed by atoms with E-state index in [1.54, 1.807) is 24.5 Å². The van der Waals surface area contributed by atoms with Crippen LogP contribution >= 0.6 is 0 Å². The summed E-state index contributed by atoms with van der Waals surface area (Å²) in [7, 11) is -3.64. The molecule has 146 valence electrons. The molecule has 0 spiro atoms. The van der Waals surface area contributed by atoms with E-state index in [0.29, 0.717) is 31.0 Å². The molecule has 8 heteroatoms. The van der Waals surface area contributed by atoms with E-state index in [1.807, 2.05) is 12.1 Å². The van der Waals surface area contributed by atoms with Crippen LogP contribution in [0.2, 0.25) is 0 Å². The molecule has 0 fully saturated rings. The van der Waals surface area contributed by atoms with Crippen LogP contribution in [0, 0.1) is 5.82 Å². The lowest BCUT2D eigenvalue weighted by Gasteiger charge is -2.24. The summed E-state index contributed by atoms with van der Waals surface area (Å²) in [5.41, 5.74) is 1.91. The molecule has 0 unspecified atom stereocenters. The van der Waals surface area contributed by atoms with Crippen LogP contribution in [0.5, 0.6) is 0 Å². The summed E-state index contributed by atoms with van der Waals surface area (Å²) in [5, 5.41) is 0. The maximum Gasteiger partial charge on any atom is 0.218 e. The molecule has 4 rings (SSSR count). The fraction of sp³-hybridized carbons (Fsp3) is 0.300. The van der Waals surface area contributed by atoms with Gasteiger partial charge in [0.15, 0.2) is 5.89 Å². The van der Waals surface area contributed by atoms with Crippen LogP contribution in [0.4, 0.5) is 4.39 Å². The van der Waals surface area contributed by atoms with Crippen molar-refractivity contribution in [3.8, 4) is 0 Å². The van der Waals surface area contributed by atoms with Gasteiger partial charge in [0, 0.05) is 37.3 Å². The molecule has 6 nitrogen and oxygen atoms in total. The average molecular weight is 401 g/mol. The average Bonchev–Trinajstić information content (AvgIpc) is 3.11. The predicted octanol–water partition coefficient (Wildman–Crippen LogP) is 2.88. The fourth-order valence-corrected chi connectivity index (χ4v) is 4.77. The first-order valence-electron chi connectivity index (χ1n) is 9.09. The minimum Gasteiger partial charge on any atom is -0.445 e. The molecule has 1 aliphatic heterocycles. The van der Waals surface area contributed by atoms with Crippen molar-refractivity contribution >= 4 is 10.0 Å². The Morgan fingerprint density at radius 3 is 2.79 bits per heavy atom. The number of halogens is 1. The lowest BCUT2D eigenvalue weighted by molar-refractivity contribution is 0.355. The number of fused-ring (bicyclic) bond motifs is 1. The Morgan fingerprint density at radius 2 is 2.00 bits per heavy atom. The third-order valence-corrected chi connectivity index (χ3v) is 6.55. The van der Waals surface area contributed by atoms with Crippen molar-refractivity contribution in [3.05, 3.63) is 83.1 Å². The van der Waals surface area contributed by atoms with Crippen LogP contribution in [0.25, 0.3) is 0 Å². The highest BCUT2D eigenvalue weighted by Gasteiger charge is 2.30. The zero-order valence-electron chi connectivity index (χ0n) is 15.2. The van der Waals surface area contributed by atoms with Gasteiger partial charge in [0.05, 0.1) is 18.0 Å². The van der Waals surface area contributed by atoms with Crippen molar-refractivity contribution in [2.24, 2.45) is 0 Å². The van der Waals surface area contributed by atoms with Crippen LogP contribution in [-0.4, -0.2) is 29.2 Å². The van der Waals surface area contributed by atoms with Gasteiger partial charge in [0.25, 0.3) is 0 Å². The van der Waals surface area contributed by atoms with Gasteiger partial charge in [-0.15, -0.1) is 0 Å². The zero-order chi connectivity index (χ0) is 19.6. The van der Waals surface area contributed by atoms with Gasteiger partial charge in [0.2, 0.25) is 10.0 Å². The number of hydrogen-bond acceptors (Lipinski definition) is 5. The molecule has 0 atom stereocenters. The predicted molar refractivity (Wildman–Crippen MR) is 101 cm³/mol. The Hall–Kier alpha value is -2.58. The summed E-state index contributed by atoms with van der Waals surface area (Å²) >= 11 is 0. The third-order valence-electron chi connectivity index (χ3n) is 4.78. The summed E-state index contributed by atoms with van der Waals surface area (Å²) in [6.45, 7) is 0.462. The molecular formula is C20H20FN3O3S. The smallest absolute Gasteiger partial charge is 0.218 e. The number of aromatic nitrogens is 2. The van der Waals surface area contributed by atoms with E-state index < -0.39 is 15.8 Å². The number of oxazole rings is 1. The summed E-state index contributed by atoms with van der Waals surface area (Å²) in [6, 6.07) is 9.82. The third kappa shape index (κ3) is 4.13. The van der Waals surface area contributed by atoms with Gasteiger partial charge in [0.1, 0.15) is 11.6 Å². The molecular weight excluding hydrogens is 381 g/mol. The van der Waals surface area contributed by atoms with Crippen LogP contribution in [0.1, 0.15) is 28.5 Å². The number of nitrogens with zero attached hydrogens (tertiary/aromatic N) is 3. The maximum atomic E-state index is 13.8. The van der Waals surface area contributed by atoms with E-state index >= 15 is 0 Å². The Kier molecular flexibility index (Phi) is 5.23. The SMILES string of the molecule is O=S(=O)(Cc1ccccc1F)N1CCc2oc(CCc3cccnc3)nc2C1. The number of hydrogen-bond donors (Lipinski definition) is 0. The van der Waals surface area contributed by atoms with Crippen LogP contribution in [0.15, 0.2) is 53.2 Å². The molecule has 0 radical (unpaired) electrons. The van der Waals surface area contributed by atoms with Gasteiger partial charge in [-0.1, -0.05) is 24.3 Å². The van der Waals surface area contributed by atoms with Gasteiger partial charge in [-0.3, -0.25) is 4.98 Å². The second-order valence-corrected chi connectivity index (χ2v) is 8.74. The van der Waals surface area contributed by atoms with Crippen molar-refractivity contribution < 1.29 is 17.2 Å². The molecule has 0 aliphatic carbocycles. The Labute approximate surface area is 163 Å². The first-order chi connectivity index (χ1) is 13.5. The van der Waals surface area contributed by atoms with E-state index in [-0.39, 0.29) is 17.9 Å². The number of rotatable bonds is 6. The second-order valence-electron chi connectivity index (χ2n) is 6.77. The topological polar surface area (TPSA) is 76.3 Å². The minimum atomic E-state index is -3.64. The van der Waals surface area contributed by atoms with Gasteiger partial charge in [-0.2, -0.15) is 4.31 Å².